The summed E-state index contributed by atoms with van der Waals surface area (Å²) in [6.45, 7) is 4.85. The molecule has 0 unspecified atom stereocenters. The highest BCUT2D eigenvalue weighted by Gasteiger charge is 1.93. The predicted octanol–water partition coefficient (Wildman–Crippen LogP) is 6.91. The molecule has 0 aromatic carbocycles. The van der Waals surface area contributed by atoms with Crippen LogP contribution in [0.2, 0.25) is 0 Å². The van der Waals surface area contributed by atoms with Crippen LogP contribution in [0, 0.1) is 0 Å². The van der Waals surface area contributed by atoms with Crippen molar-refractivity contribution in [2.45, 2.75) is 65.2 Å². The highest BCUT2D eigenvalue weighted by Crippen LogP contribution is 2.08. The van der Waals surface area contributed by atoms with Gasteiger partial charge in [-0.1, -0.05) is 61.6 Å². The van der Waals surface area contributed by atoms with Gasteiger partial charge in [-0.2, -0.15) is 0 Å². The van der Waals surface area contributed by atoms with Crippen molar-refractivity contribution in [3.63, 3.8) is 0 Å². The maximum Gasteiger partial charge on any atom is 0.327 e. The Morgan fingerprint density at radius 1 is 0.815 bits per heavy atom. The highest BCUT2D eigenvalue weighted by molar-refractivity contribution is 5.79. The van der Waals surface area contributed by atoms with E-state index in [2.05, 4.69) is 61.6 Å². The Morgan fingerprint density at radius 3 is 2.15 bits per heavy atom. The molecule has 0 aliphatic carbocycles. The number of carbonyl (C=O) groups is 1. The van der Waals surface area contributed by atoms with E-state index in [4.69, 9.17) is 9.84 Å². The summed E-state index contributed by atoms with van der Waals surface area (Å²) < 4.78 is 5.68. The molecular weight excluding hydrogens is 336 g/mol. The summed E-state index contributed by atoms with van der Waals surface area (Å²) >= 11 is 0. The van der Waals surface area contributed by atoms with Crippen LogP contribution in [0.3, 0.4) is 0 Å². The quantitative estimate of drug-likeness (QED) is 0.138. The second-order valence-electron chi connectivity index (χ2n) is 5.98. The molecule has 0 aliphatic rings. The van der Waals surface area contributed by atoms with Crippen LogP contribution < -0.4 is 0 Å². The number of hydrogen-bond acceptors (Lipinski definition) is 2. The normalized spacial score (nSPS) is 13.2. The van der Waals surface area contributed by atoms with Gasteiger partial charge in [-0.3, -0.25) is 0 Å². The van der Waals surface area contributed by atoms with Crippen LogP contribution in [0.1, 0.15) is 65.2 Å². The third-order valence-corrected chi connectivity index (χ3v) is 3.58. The van der Waals surface area contributed by atoms with E-state index in [-0.39, 0.29) is 0 Å². The van der Waals surface area contributed by atoms with E-state index < -0.39 is 5.97 Å². The minimum atomic E-state index is -0.878. The average molecular weight is 373 g/mol. The lowest BCUT2D eigenvalue weighted by Gasteiger charge is -2.05. The van der Waals surface area contributed by atoms with Crippen molar-refractivity contribution in [1.82, 2.24) is 0 Å². The Hall–Kier alpha value is -2.29. The molecule has 0 aliphatic heterocycles. The molecule has 3 heteroatoms. The second-order valence-corrected chi connectivity index (χ2v) is 5.98. The number of rotatable bonds is 16. The van der Waals surface area contributed by atoms with Crippen LogP contribution in [-0.2, 0) is 9.53 Å². The molecule has 27 heavy (non-hydrogen) atoms. The van der Waals surface area contributed by atoms with E-state index in [1.807, 2.05) is 6.92 Å². The maximum atomic E-state index is 10.3. The van der Waals surface area contributed by atoms with Gasteiger partial charge in [0.15, 0.2) is 0 Å². The molecule has 0 aromatic rings. The fraction of sp³-hybridized carbons (Fsp3) is 0.458. The van der Waals surface area contributed by atoms with Gasteiger partial charge in [0.25, 0.3) is 0 Å². The van der Waals surface area contributed by atoms with E-state index in [1.165, 1.54) is 6.08 Å². The first-order chi connectivity index (χ1) is 13.2. The Kier molecular flexibility index (Phi) is 18.3. The summed E-state index contributed by atoms with van der Waals surface area (Å²) in [6, 6.07) is 0. The van der Waals surface area contributed by atoms with E-state index in [0.717, 1.165) is 57.1 Å². The Morgan fingerprint density at radius 2 is 1.44 bits per heavy atom. The zero-order valence-corrected chi connectivity index (χ0v) is 17.0. The zero-order chi connectivity index (χ0) is 20.0. The predicted molar refractivity (Wildman–Crippen MR) is 116 cm³/mol. The van der Waals surface area contributed by atoms with Gasteiger partial charge in [-0.25, -0.2) is 4.79 Å². The first kappa shape index (κ1) is 24.7. The SMILES string of the molecule is CC/C=C\C/C=C\C/C=C(/C/C=C\C/C=C\CCC/C=C/C(=O)O)OCC. The van der Waals surface area contributed by atoms with Gasteiger partial charge in [0.1, 0.15) is 0 Å². The summed E-state index contributed by atoms with van der Waals surface area (Å²) in [4.78, 5) is 10.3. The first-order valence-electron chi connectivity index (χ1n) is 10.0. The third-order valence-electron chi connectivity index (χ3n) is 3.58. The van der Waals surface area contributed by atoms with Crippen LogP contribution >= 0.6 is 0 Å². The second kappa shape index (κ2) is 20.0. The molecule has 0 atom stereocenters. The van der Waals surface area contributed by atoms with Crippen LogP contribution in [0.4, 0.5) is 0 Å². The van der Waals surface area contributed by atoms with Crippen molar-refractivity contribution in [2.24, 2.45) is 0 Å². The van der Waals surface area contributed by atoms with Crippen LogP contribution in [-0.4, -0.2) is 17.7 Å². The number of carboxylic acid groups (broad SMARTS) is 1. The molecule has 0 heterocycles. The van der Waals surface area contributed by atoms with Crippen molar-refractivity contribution in [1.29, 1.82) is 0 Å². The summed E-state index contributed by atoms with van der Waals surface area (Å²) in [5.41, 5.74) is 0. The molecule has 3 nitrogen and oxygen atoms in total. The molecule has 0 radical (unpaired) electrons. The lowest BCUT2D eigenvalue weighted by molar-refractivity contribution is -0.131. The molecule has 0 bridgehead atoms. The van der Waals surface area contributed by atoms with Crippen molar-refractivity contribution < 1.29 is 14.6 Å². The molecule has 0 aromatic heterocycles. The van der Waals surface area contributed by atoms with Gasteiger partial charge in [0.05, 0.1) is 12.4 Å². The minimum Gasteiger partial charge on any atom is -0.498 e. The lowest BCUT2D eigenvalue weighted by Crippen LogP contribution is -1.90. The zero-order valence-electron chi connectivity index (χ0n) is 17.0. The maximum absolute atomic E-state index is 10.3. The number of ether oxygens (including phenoxy) is 1. The van der Waals surface area contributed by atoms with Crippen LogP contribution in [0.15, 0.2) is 72.6 Å². The van der Waals surface area contributed by atoms with Crippen molar-refractivity contribution in [2.75, 3.05) is 6.61 Å². The lowest BCUT2D eigenvalue weighted by atomic mass is 10.2. The topological polar surface area (TPSA) is 46.5 Å². The number of aliphatic carboxylic acids is 1. The monoisotopic (exact) mass is 372 g/mol. The number of allylic oxidation sites excluding steroid dienone is 10. The van der Waals surface area contributed by atoms with Crippen molar-refractivity contribution in [3.05, 3.63) is 72.6 Å². The minimum absolute atomic E-state index is 0.693. The Bertz CT molecular complexity index is 534. The van der Waals surface area contributed by atoms with E-state index in [1.54, 1.807) is 6.08 Å². The summed E-state index contributed by atoms with van der Waals surface area (Å²) in [6.07, 6.45) is 29.9. The molecule has 0 saturated carbocycles. The molecule has 150 valence electrons. The smallest absolute Gasteiger partial charge is 0.327 e. The Labute approximate surface area is 165 Å². The van der Waals surface area contributed by atoms with Crippen LogP contribution in [0.25, 0.3) is 0 Å². The largest absolute Gasteiger partial charge is 0.498 e. The summed E-state index contributed by atoms with van der Waals surface area (Å²) in [7, 11) is 0. The Balaban J connectivity index is 3.97. The number of carboxylic acids is 1. The average Bonchev–Trinajstić information content (AvgIpc) is 2.65. The van der Waals surface area contributed by atoms with Gasteiger partial charge in [-0.05, 0) is 57.9 Å². The van der Waals surface area contributed by atoms with E-state index >= 15 is 0 Å². The van der Waals surface area contributed by atoms with Crippen molar-refractivity contribution >= 4 is 5.97 Å². The van der Waals surface area contributed by atoms with Crippen molar-refractivity contribution in [3.8, 4) is 0 Å². The molecule has 0 fully saturated rings. The fourth-order valence-corrected chi connectivity index (χ4v) is 2.25. The first-order valence-corrected chi connectivity index (χ1v) is 10.0. The standard InChI is InChI=1S/C24H36O3/c1-3-5-6-7-11-14-17-20-23(27-4-2)21-18-15-12-9-8-10-13-16-19-22-24(25)26/h5-6,8-9,11,14-15,18-20,22H,3-4,7,10,12-13,16-17,21H2,1-2H3,(H,25,26)/b6-5-,9-8-,14-11-,18-15-,22-19+,23-20-. The molecule has 1 N–H and O–H groups in total. The third kappa shape index (κ3) is 19.9. The fourth-order valence-electron chi connectivity index (χ4n) is 2.25. The number of hydrogen-bond donors (Lipinski definition) is 1. The van der Waals surface area contributed by atoms with Gasteiger partial charge in [0, 0.05) is 12.5 Å². The molecular formula is C24H36O3. The van der Waals surface area contributed by atoms with E-state index in [9.17, 15) is 4.79 Å². The summed E-state index contributed by atoms with van der Waals surface area (Å²) in [5.74, 6) is 0.146. The molecule has 0 amide bonds. The highest BCUT2D eigenvalue weighted by atomic mass is 16.5. The van der Waals surface area contributed by atoms with Gasteiger partial charge in [0.2, 0.25) is 0 Å². The van der Waals surface area contributed by atoms with Gasteiger partial charge in [-0.15, -0.1) is 0 Å². The molecule has 0 rings (SSSR count). The van der Waals surface area contributed by atoms with Gasteiger partial charge >= 0.3 is 5.97 Å². The van der Waals surface area contributed by atoms with Crippen LogP contribution in [0.5, 0.6) is 0 Å². The van der Waals surface area contributed by atoms with Gasteiger partial charge < -0.3 is 9.84 Å². The summed E-state index contributed by atoms with van der Waals surface area (Å²) in [5, 5.41) is 8.48. The molecule has 0 spiro atoms. The molecule has 0 saturated heterocycles. The number of unbranched alkanes of at least 4 members (excludes halogenated alkanes) is 2. The van der Waals surface area contributed by atoms with E-state index in [0.29, 0.717) is 6.61 Å².